The lowest BCUT2D eigenvalue weighted by atomic mass is 10.1. The number of aryl methyl sites for hydroxylation is 1. The molecule has 0 bridgehead atoms. The van der Waals surface area contributed by atoms with Crippen LogP contribution in [0.25, 0.3) is 0 Å². The van der Waals surface area contributed by atoms with E-state index in [1.54, 1.807) is 29.7 Å². The molecule has 0 aliphatic carbocycles. The van der Waals surface area contributed by atoms with Gasteiger partial charge in [-0.15, -0.1) is 11.3 Å². The van der Waals surface area contributed by atoms with Crippen molar-refractivity contribution in [1.29, 1.82) is 0 Å². The molecular weight excluding hydrogens is 324 g/mol. The zero-order valence-corrected chi connectivity index (χ0v) is 14.6. The number of aromatic nitrogens is 2. The second kappa shape index (κ2) is 7.72. The van der Waals surface area contributed by atoms with Crippen molar-refractivity contribution >= 4 is 17.2 Å². The maximum absolute atomic E-state index is 12.8. The minimum absolute atomic E-state index is 0.0250. The highest BCUT2D eigenvalue weighted by Crippen LogP contribution is 2.18. The summed E-state index contributed by atoms with van der Waals surface area (Å²) in [5.74, 6) is 0.442. The van der Waals surface area contributed by atoms with Crippen LogP contribution >= 0.6 is 11.3 Å². The van der Waals surface area contributed by atoms with Crippen LogP contribution in [0, 0.1) is 12.8 Å². The zero-order chi connectivity index (χ0) is 16.9. The highest BCUT2D eigenvalue weighted by molar-refractivity contribution is 7.09. The van der Waals surface area contributed by atoms with Crippen LogP contribution < -0.4 is 10.9 Å². The highest BCUT2D eigenvalue weighted by atomic mass is 32.1. The number of nitrogens with one attached hydrogen (secondary N) is 1. The maximum atomic E-state index is 12.8. The molecule has 6 nitrogen and oxygen atoms in total. The van der Waals surface area contributed by atoms with Crippen LogP contribution in [0.4, 0.5) is 0 Å². The molecule has 24 heavy (non-hydrogen) atoms. The average molecular weight is 346 g/mol. The average Bonchev–Trinajstić information content (AvgIpc) is 3.21. The Balaban J connectivity index is 1.74. The van der Waals surface area contributed by atoms with Crippen LogP contribution in [0.1, 0.15) is 17.0 Å². The Morgan fingerprint density at radius 2 is 2.38 bits per heavy atom. The van der Waals surface area contributed by atoms with Crippen molar-refractivity contribution in [3.63, 3.8) is 0 Å². The Kier molecular flexibility index (Phi) is 5.42. The van der Waals surface area contributed by atoms with E-state index in [9.17, 15) is 9.59 Å². The quantitative estimate of drug-likeness (QED) is 0.855. The molecule has 2 aromatic heterocycles. The standard InChI is InChI=1S/C17H22N4O2S/c1-13-15(24-12-19-13)10-21(9-14-5-6-18-8-14)17(23)11-20-7-3-2-4-16(20)22/h2-4,7,12,14,18H,5-6,8-11H2,1H3/t14-/m0/s1. The number of pyridine rings is 1. The molecule has 1 amide bonds. The first-order valence-electron chi connectivity index (χ1n) is 8.16. The number of thiazole rings is 1. The lowest BCUT2D eigenvalue weighted by Gasteiger charge is -2.25. The fraction of sp³-hybridized carbons (Fsp3) is 0.471. The van der Waals surface area contributed by atoms with Gasteiger partial charge in [0.25, 0.3) is 5.56 Å². The molecule has 1 fully saturated rings. The van der Waals surface area contributed by atoms with Crippen molar-refractivity contribution in [3.8, 4) is 0 Å². The number of hydrogen-bond acceptors (Lipinski definition) is 5. The van der Waals surface area contributed by atoms with Crippen molar-refractivity contribution in [3.05, 3.63) is 50.8 Å². The summed E-state index contributed by atoms with van der Waals surface area (Å²) in [6.45, 7) is 5.27. The molecule has 0 unspecified atom stereocenters. The molecular formula is C17H22N4O2S. The summed E-state index contributed by atoms with van der Waals surface area (Å²) in [5.41, 5.74) is 2.63. The lowest BCUT2D eigenvalue weighted by molar-refractivity contribution is -0.133. The Bertz CT molecular complexity index is 749. The molecule has 0 radical (unpaired) electrons. The number of nitrogens with zero attached hydrogens (tertiary/aromatic N) is 3. The van der Waals surface area contributed by atoms with Gasteiger partial charge in [0.05, 0.1) is 17.7 Å². The first kappa shape index (κ1) is 16.9. The summed E-state index contributed by atoms with van der Waals surface area (Å²) in [5, 5.41) is 3.34. The fourth-order valence-corrected chi connectivity index (χ4v) is 3.72. The summed E-state index contributed by atoms with van der Waals surface area (Å²) < 4.78 is 1.46. The predicted octanol–water partition coefficient (Wildman–Crippen LogP) is 1.25. The number of hydrogen-bond donors (Lipinski definition) is 1. The van der Waals surface area contributed by atoms with Crippen LogP contribution in [0.5, 0.6) is 0 Å². The smallest absolute Gasteiger partial charge is 0.250 e. The topological polar surface area (TPSA) is 67.2 Å². The molecule has 128 valence electrons. The van der Waals surface area contributed by atoms with E-state index in [1.165, 1.54) is 10.6 Å². The van der Waals surface area contributed by atoms with Gasteiger partial charge in [-0.3, -0.25) is 9.59 Å². The molecule has 0 saturated carbocycles. The third-order valence-electron chi connectivity index (χ3n) is 4.38. The summed E-state index contributed by atoms with van der Waals surface area (Å²) in [7, 11) is 0. The van der Waals surface area contributed by atoms with Gasteiger partial charge in [0.15, 0.2) is 0 Å². The number of amides is 1. The van der Waals surface area contributed by atoms with E-state index in [-0.39, 0.29) is 18.0 Å². The first-order chi connectivity index (χ1) is 11.6. The van der Waals surface area contributed by atoms with Crippen LogP contribution in [-0.2, 0) is 17.9 Å². The van der Waals surface area contributed by atoms with E-state index in [2.05, 4.69) is 10.3 Å². The molecule has 0 spiro atoms. The summed E-state index contributed by atoms with van der Waals surface area (Å²) in [6, 6.07) is 4.94. The first-order valence-corrected chi connectivity index (χ1v) is 9.04. The van der Waals surface area contributed by atoms with Gasteiger partial charge in [-0.25, -0.2) is 4.98 Å². The molecule has 3 rings (SSSR count). The third kappa shape index (κ3) is 4.10. The molecule has 1 aliphatic rings. The van der Waals surface area contributed by atoms with E-state index in [0.717, 1.165) is 30.1 Å². The van der Waals surface area contributed by atoms with Gasteiger partial charge in [-0.1, -0.05) is 6.07 Å². The minimum atomic E-state index is -0.151. The van der Waals surface area contributed by atoms with Crippen LogP contribution in [-0.4, -0.2) is 40.0 Å². The molecule has 0 aromatic carbocycles. The number of carbonyl (C=O) groups excluding carboxylic acids is 1. The van der Waals surface area contributed by atoms with Gasteiger partial charge < -0.3 is 14.8 Å². The molecule has 1 atom stereocenters. The van der Waals surface area contributed by atoms with E-state index in [0.29, 0.717) is 19.0 Å². The second-order valence-electron chi connectivity index (χ2n) is 6.16. The normalized spacial score (nSPS) is 17.1. The van der Waals surface area contributed by atoms with Gasteiger partial charge in [0, 0.05) is 23.7 Å². The molecule has 7 heteroatoms. The van der Waals surface area contributed by atoms with Crippen molar-refractivity contribution in [2.45, 2.75) is 26.4 Å². The Morgan fingerprint density at radius 3 is 3.04 bits per heavy atom. The fourth-order valence-electron chi connectivity index (χ4n) is 2.92. The monoisotopic (exact) mass is 346 g/mol. The molecule has 1 saturated heterocycles. The molecule has 1 aliphatic heterocycles. The van der Waals surface area contributed by atoms with Gasteiger partial charge in [-0.2, -0.15) is 0 Å². The van der Waals surface area contributed by atoms with Gasteiger partial charge in [0.1, 0.15) is 6.54 Å². The summed E-state index contributed by atoms with van der Waals surface area (Å²) in [4.78, 5) is 31.9. The second-order valence-corrected chi connectivity index (χ2v) is 7.10. The lowest BCUT2D eigenvalue weighted by Crippen LogP contribution is -2.39. The van der Waals surface area contributed by atoms with E-state index >= 15 is 0 Å². The molecule has 3 heterocycles. The van der Waals surface area contributed by atoms with Crippen LogP contribution in [0.15, 0.2) is 34.7 Å². The van der Waals surface area contributed by atoms with E-state index in [4.69, 9.17) is 0 Å². The molecule has 2 aromatic rings. The Labute approximate surface area is 145 Å². The van der Waals surface area contributed by atoms with Crippen molar-refractivity contribution in [1.82, 2.24) is 19.8 Å². The zero-order valence-electron chi connectivity index (χ0n) is 13.8. The van der Waals surface area contributed by atoms with Gasteiger partial charge in [-0.05, 0) is 38.4 Å². The van der Waals surface area contributed by atoms with Crippen molar-refractivity contribution in [2.75, 3.05) is 19.6 Å². The Hall–Kier alpha value is -1.99. The minimum Gasteiger partial charge on any atom is -0.336 e. The maximum Gasteiger partial charge on any atom is 0.250 e. The number of rotatable bonds is 6. The third-order valence-corrected chi connectivity index (χ3v) is 5.30. The van der Waals surface area contributed by atoms with Gasteiger partial charge in [0.2, 0.25) is 5.91 Å². The number of carbonyl (C=O) groups is 1. The van der Waals surface area contributed by atoms with Gasteiger partial charge >= 0.3 is 0 Å². The summed E-state index contributed by atoms with van der Waals surface area (Å²) >= 11 is 1.57. The van der Waals surface area contributed by atoms with E-state index < -0.39 is 0 Å². The van der Waals surface area contributed by atoms with Crippen molar-refractivity contribution < 1.29 is 4.79 Å². The molecule has 1 N–H and O–H groups in total. The largest absolute Gasteiger partial charge is 0.336 e. The van der Waals surface area contributed by atoms with Crippen LogP contribution in [0.2, 0.25) is 0 Å². The van der Waals surface area contributed by atoms with Crippen molar-refractivity contribution in [2.24, 2.45) is 5.92 Å². The summed E-state index contributed by atoms with van der Waals surface area (Å²) in [6.07, 6.45) is 2.74. The highest BCUT2D eigenvalue weighted by Gasteiger charge is 2.23. The predicted molar refractivity (Wildman–Crippen MR) is 93.9 cm³/mol. The Morgan fingerprint density at radius 1 is 1.50 bits per heavy atom. The van der Waals surface area contributed by atoms with Crippen LogP contribution in [0.3, 0.4) is 0 Å². The SMILES string of the molecule is Cc1ncsc1CN(C[C@H]1CCNC1)C(=O)Cn1ccccc1=O. The van der Waals surface area contributed by atoms with E-state index in [1.807, 2.05) is 17.3 Å².